The third-order valence-corrected chi connectivity index (χ3v) is 13.2. The molecule has 0 radical (unpaired) electrons. The number of ether oxygens (including phenoxy) is 3. The monoisotopic (exact) mass is 1040 g/mol. The molecule has 0 saturated carbocycles. The first-order valence-corrected chi connectivity index (χ1v) is 31.4. The zero-order chi connectivity index (χ0) is 54.3. The average molecular weight is 1040 g/mol. The third kappa shape index (κ3) is 60.8. The Labute approximate surface area is 463 Å². The van der Waals surface area contributed by atoms with Gasteiger partial charge < -0.3 is 14.2 Å². The van der Waals surface area contributed by atoms with Crippen LogP contribution < -0.4 is 0 Å². The molecule has 0 fully saturated rings. The Morgan fingerprint density at radius 1 is 0.280 bits per heavy atom. The lowest BCUT2D eigenvalue weighted by molar-refractivity contribution is -0.167. The molecule has 1 unspecified atom stereocenters. The summed E-state index contributed by atoms with van der Waals surface area (Å²) in [5, 5.41) is 0. The number of unbranched alkanes of at least 4 members (excludes halogenated alkanes) is 27. The number of allylic oxidation sites excluding steroid dienone is 18. The van der Waals surface area contributed by atoms with Crippen molar-refractivity contribution in [3.8, 4) is 0 Å². The van der Waals surface area contributed by atoms with E-state index in [0.29, 0.717) is 19.3 Å². The van der Waals surface area contributed by atoms with E-state index in [1.165, 1.54) is 122 Å². The summed E-state index contributed by atoms with van der Waals surface area (Å²) in [5.74, 6) is -0.901. The summed E-state index contributed by atoms with van der Waals surface area (Å²) in [6.07, 6.45) is 85.4. The molecule has 1 atom stereocenters. The minimum atomic E-state index is -0.784. The van der Waals surface area contributed by atoms with Crippen LogP contribution in [0.15, 0.2) is 109 Å². The standard InChI is InChI=1S/C69H116O6/c1-4-7-10-13-16-19-22-24-25-26-27-28-29-30-31-32-33-34-35-36-37-38-39-40-41-42-43-44-45-46-48-50-53-56-59-62-68(71)74-65-66(64-73-67(70)61-58-55-52-49-21-18-15-12-9-6-3)75-69(72)63-60-57-54-51-47-23-20-17-14-11-8-5-2/h7,10,12,15-17,19-20,24-25,27-28,30-31,33-34,36-37,66H,4-6,8-9,11,13-14,18,21-23,26,29,32,35,38-65H2,1-3H3/b10-7-,15-12-,19-16-,20-17-,25-24-,28-27-,31-30-,34-33-,37-36-. The van der Waals surface area contributed by atoms with Gasteiger partial charge in [-0.1, -0.05) is 259 Å². The summed E-state index contributed by atoms with van der Waals surface area (Å²) in [6.45, 7) is 6.43. The van der Waals surface area contributed by atoms with E-state index >= 15 is 0 Å². The van der Waals surface area contributed by atoms with Crippen molar-refractivity contribution in [2.45, 2.75) is 297 Å². The number of carbonyl (C=O) groups is 3. The van der Waals surface area contributed by atoms with Gasteiger partial charge in [0.1, 0.15) is 13.2 Å². The first kappa shape index (κ1) is 71.1. The molecular formula is C69H116O6. The normalized spacial score (nSPS) is 12.8. The summed E-state index contributed by atoms with van der Waals surface area (Å²) in [4.78, 5) is 38.1. The SMILES string of the molecule is CC/C=C\C/C=C\C/C=C\C/C=C\C/C=C\C/C=C\C/C=C\CCCCCCCCCCCCCCCC(=O)OCC(COC(=O)CCCCCCC/C=C\CCC)OC(=O)CCCCCCC/C=C\CCCCC. The highest BCUT2D eigenvalue weighted by atomic mass is 16.6. The van der Waals surface area contributed by atoms with E-state index in [2.05, 4.69) is 130 Å². The van der Waals surface area contributed by atoms with Gasteiger partial charge in [0.05, 0.1) is 0 Å². The molecule has 0 aromatic heterocycles. The van der Waals surface area contributed by atoms with Crippen LogP contribution in [-0.2, 0) is 28.6 Å². The van der Waals surface area contributed by atoms with Gasteiger partial charge in [-0.15, -0.1) is 0 Å². The second kappa shape index (κ2) is 62.6. The van der Waals surface area contributed by atoms with E-state index in [-0.39, 0.29) is 31.1 Å². The molecule has 75 heavy (non-hydrogen) atoms. The maximum absolute atomic E-state index is 12.8. The Kier molecular flexibility index (Phi) is 59.3. The Bertz CT molecular complexity index is 1520. The first-order valence-electron chi connectivity index (χ1n) is 31.4. The predicted octanol–water partition coefficient (Wildman–Crippen LogP) is 21.4. The van der Waals surface area contributed by atoms with Crippen LogP contribution in [-0.4, -0.2) is 37.2 Å². The van der Waals surface area contributed by atoms with Crippen molar-refractivity contribution >= 4 is 17.9 Å². The molecule has 0 aromatic rings. The van der Waals surface area contributed by atoms with Crippen LogP contribution in [0.5, 0.6) is 0 Å². The van der Waals surface area contributed by atoms with Crippen LogP contribution in [0.4, 0.5) is 0 Å². The van der Waals surface area contributed by atoms with Crippen molar-refractivity contribution in [2.24, 2.45) is 0 Å². The molecule has 0 saturated heterocycles. The lowest BCUT2D eigenvalue weighted by atomic mass is 10.0. The van der Waals surface area contributed by atoms with Gasteiger partial charge in [-0.3, -0.25) is 14.4 Å². The lowest BCUT2D eigenvalue weighted by Gasteiger charge is -2.18. The first-order chi connectivity index (χ1) is 37.0. The minimum Gasteiger partial charge on any atom is -0.462 e. The molecule has 0 aromatic carbocycles. The van der Waals surface area contributed by atoms with Crippen molar-refractivity contribution in [3.05, 3.63) is 109 Å². The average Bonchev–Trinajstić information content (AvgIpc) is 3.41. The van der Waals surface area contributed by atoms with Gasteiger partial charge in [-0.05, 0) is 122 Å². The lowest BCUT2D eigenvalue weighted by Crippen LogP contribution is -2.30. The number of esters is 3. The van der Waals surface area contributed by atoms with Crippen molar-refractivity contribution in [2.75, 3.05) is 13.2 Å². The van der Waals surface area contributed by atoms with Crippen LogP contribution >= 0.6 is 0 Å². The third-order valence-electron chi connectivity index (χ3n) is 13.2. The number of carbonyl (C=O) groups excluding carboxylic acids is 3. The van der Waals surface area contributed by atoms with Crippen molar-refractivity contribution < 1.29 is 28.6 Å². The highest BCUT2D eigenvalue weighted by molar-refractivity contribution is 5.71. The van der Waals surface area contributed by atoms with Crippen LogP contribution in [0, 0.1) is 0 Å². The Balaban J connectivity index is 4.08. The van der Waals surface area contributed by atoms with Gasteiger partial charge in [0, 0.05) is 19.3 Å². The molecular weight excluding hydrogens is 925 g/mol. The molecule has 0 rings (SSSR count). The molecule has 0 spiro atoms. The Hall–Kier alpha value is -3.93. The zero-order valence-electron chi connectivity index (χ0n) is 49.0. The summed E-state index contributed by atoms with van der Waals surface area (Å²) in [5.41, 5.74) is 0. The van der Waals surface area contributed by atoms with Gasteiger partial charge >= 0.3 is 17.9 Å². The van der Waals surface area contributed by atoms with Crippen molar-refractivity contribution in [1.29, 1.82) is 0 Å². The van der Waals surface area contributed by atoms with Crippen LogP contribution in [0.3, 0.4) is 0 Å². The van der Waals surface area contributed by atoms with Gasteiger partial charge in [-0.2, -0.15) is 0 Å². The minimum absolute atomic E-state index is 0.0832. The van der Waals surface area contributed by atoms with Crippen molar-refractivity contribution in [1.82, 2.24) is 0 Å². The number of hydrogen-bond acceptors (Lipinski definition) is 6. The topological polar surface area (TPSA) is 78.9 Å². The molecule has 0 bridgehead atoms. The predicted molar refractivity (Wildman–Crippen MR) is 325 cm³/mol. The largest absolute Gasteiger partial charge is 0.462 e. The highest BCUT2D eigenvalue weighted by Gasteiger charge is 2.19. The smallest absolute Gasteiger partial charge is 0.306 e. The van der Waals surface area contributed by atoms with E-state index < -0.39 is 6.10 Å². The molecule has 0 heterocycles. The summed E-state index contributed by atoms with van der Waals surface area (Å²) in [7, 11) is 0. The summed E-state index contributed by atoms with van der Waals surface area (Å²) < 4.78 is 16.8. The van der Waals surface area contributed by atoms with Crippen molar-refractivity contribution in [3.63, 3.8) is 0 Å². The summed E-state index contributed by atoms with van der Waals surface area (Å²) >= 11 is 0. The summed E-state index contributed by atoms with van der Waals surface area (Å²) in [6, 6.07) is 0. The Morgan fingerprint density at radius 3 is 0.880 bits per heavy atom. The van der Waals surface area contributed by atoms with Crippen LogP contribution in [0.2, 0.25) is 0 Å². The van der Waals surface area contributed by atoms with Gasteiger partial charge in [0.15, 0.2) is 6.10 Å². The molecule has 0 aliphatic heterocycles. The molecule has 0 N–H and O–H groups in total. The zero-order valence-corrected chi connectivity index (χ0v) is 49.0. The second-order valence-electron chi connectivity index (χ2n) is 20.6. The fraction of sp³-hybridized carbons (Fsp3) is 0.696. The quantitative estimate of drug-likeness (QED) is 0.0261. The molecule has 6 heteroatoms. The van der Waals surface area contributed by atoms with E-state index in [4.69, 9.17) is 14.2 Å². The molecule has 0 aliphatic rings. The molecule has 428 valence electrons. The highest BCUT2D eigenvalue weighted by Crippen LogP contribution is 2.16. The second-order valence-corrected chi connectivity index (χ2v) is 20.6. The van der Waals surface area contributed by atoms with Gasteiger partial charge in [-0.25, -0.2) is 0 Å². The maximum Gasteiger partial charge on any atom is 0.306 e. The van der Waals surface area contributed by atoms with E-state index in [1.54, 1.807) is 0 Å². The molecule has 6 nitrogen and oxygen atoms in total. The fourth-order valence-electron chi connectivity index (χ4n) is 8.54. The van der Waals surface area contributed by atoms with E-state index in [1.807, 2.05) is 0 Å². The molecule has 0 aliphatic carbocycles. The number of rotatable bonds is 56. The maximum atomic E-state index is 12.8. The van der Waals surface area contributed by atoms with Crippen LogP contribution in [0.25, 0.3) is 0 Å². The molecule has 0 amide bonds. The Morgan fingerprint density at radius 2 is 0.547 bits per heavy atom. The van der Waals surface area contributed by atoms with Gasteiger partial charge in [0.2, 0.25) is 0 Å². The number of hydrogen-bond donors (Lipinski definition) is 0. The van der Waals surface area contributed by atoms with Gasteiger partial charge in [0.25, 0.3) is 0 Å². The van der Waals surface area contributed by atoms with Crippen LogP contribution in [0.1, 0.15) is 290 Å². The fourth-order valence-corrected chi connectivity index (χ4v) is 8.54. The van der Waals surface area contributed by atoms with E-state index in [9.17, 15) is 14.4 Å². The van der Waals surface area contributed by atoms with E-state index in [0.717, 1.165) is 128 Å².